The summed E-state index contributed by atoms with van der Waals surface area (Å²) in [6, 6.07) is 26.9. The first-order chi connectivity index (χ1) is 14.2. The standard InChI is InChI=1S/C25H25N2OP/c1-18-22(17-27(2)29-3)21-15-10-16-23(25(21)28-18)26-24(19-11-6-4-7-12-19)20-13-8-5-9-14-20/h4-16,29H,17H2,1-3H3. The summed E-state index contributed by atoms with van der Waals surface area (Å²) in [7, 11) is 2.90. The fraction of sp³-hybridized carbons (Fsp3) is 0.160. The summed E-state index contributed by atoms with van der Waals surface area (Å²) >= 11 is 0. The van der Waals surface area contributed by atoms with Crippen LogP contribution in [0, 0.1) is 6.92 Å². The Bertz CT molecular complexity index is 1090. The number of nitrogens with zero attached hydrogens (tertiary/aromatic N) is 2. The number of aryl methyl sites for hydroxylation is 1. The quantitative estimate of drug-likeness (QED) is 0.271. The molecule has 1 aromatic heterocycles. The Morgan fingerprint density at radius 3 is 2.10 bits per heavy atom. The second kappa shape index (κ2) is 8.73. The van der Waals surface area contributed by atoms with Gasteiger partial charge in [-0.3, -0.25) is 4.67 Å². The molecule has 1 heterocycles. The van der Waals surface area contributed by atoms with Crippen LogP contribution in [-0.4, -0.2) is 24.1 Å². The van der Waals surface area contributed by atoms with E-state index < -0.39 is 0 Å². The Kier molecular flexibility index (Phi) is 5.89. The van der Waals surface area contributed by atoms with Crippen LogP contribution in [0.1, 0.15) is 22.5 Å². The van der Waals surface area contributed by atoms with Gasteiger partial charge in [-0.25, -0.2) is 4.99 Å². The van der Waals surface area contributed by atoms with E-state index in [0.29, 0.717) is 0 Å². The lowest BCUT2D eigenvalue weighted by molar-refractivity contribution is 0.528. The molecule has 0 aliphatic heterocycles. The van der Waals surface area contributed by atoms with Crippen molar-refractivity contribution in [1.29, 1.82) is 0 Å². The summed E-state index contributed by atoms with van der Waals surface area (Å²) in [5, 5.41) is 1.15. The Hall–Kier alpha value is -2.74. The molecule has 0 spiro atoms. The van der Waals surface area contributed by atoms with Gasteiger partial charge in [-0.15, -0.1) is 0 Å². The second-order valence-electron chi connectivity index (χ2n) is 7.06. The van der Waals surface area contributed by atoms with Crippen LogP contribution in [0.25, 0.3) is 11.0 Å². The third-order valence-corrected chi connectivity index (χ3v) is 6.02. The minimum Gasteiger partial charge on any atom is -0.459 e. The van der Waals surface area contributed by atoms with Crippen molar-refractivity contribution in [2.75, 3.05) is 13.7 Å². The SMILES string of the molecule is CPN(C)Cc1c(C)oc2c(N=C(c3ccccc3)c3ccccc3)cccc12. The Balaban J connectivity index is 1.88. The van der Waals surface area contributed by atoms with E-state index >= 15 is 0 Å². The molecule has 0 amide bonds. The van der Waals surface area contributed by atoms with E-state index in [-0.39, 0.29) is 0 Å². The van der Waals surface area contributed by atoms with Crippen LogP contribution in [-0.2, 0) is 6.54 Å². The molecule has 0 saturated heterocycles. The predicted molar refractivity (Wildman–Crippen MR) is 125 cm³/mol. The Morgan fingerprint density at radius 1 is 0.897 bits per heavy atom. The van der Waals surface area contributed by atoms with E-state index in [0.717, 1.165) is 54.5 Å². The zero-order valence-corrected chi connectivity index (χ0v) is 18.0. The fourth-order valence-corrected chi connectivity index (χ4v) is 3.80. The maximum absolute atomic E-state index is 6.22. The van der Waals surface area contributed by atoms with Crippen LogP contribution in [0.5, 0.6) is 0 Å². The fourth-order valence-electron chi connectivity index (χ4n) is 3.48. The van der Waals surface area contributed by atoms with Crippen molar-refractivity contribution < 1.29 is 4.42 Å². The summed E-state index contributed by atoms with van der Waals surface area (Å²) in [4.78, 5) is 5.09. The number of furan rings is 1. The third kappa shape index (κ3) is 4.17. The van der Waals surface area contributed by atoms with E-state index in [4.69, 9.17) is 9.41 Å². The molecule has 0 saturated carbocycles. The van der Waals surface area contributed by atoms with Crippen molar-refractivity contribution in [3.63, 3.8) is 0 Å². The van der Waals surface area contributed by atoms with Crippen molar-refractivity contribution in [2.24, 2.45) is 4.99 Å². The van der Waals surface area contributed by atoms with Crippen LogP contribution in [0.3, 0.4) is 0 Å². The van der Waals surface area contributed by atoms with Crippen LogP contribution in [0.15, 0.2) is 88.3 Å². The second-order valence-corrected chi connectivity index (χ2v) is 8.27. The molecule has 4 aromatic rings. The lowest BCUT2D eigenvalue weighted by atomic mass is 10.0. The molecule has 0 aliphatic rings. The van der Waals surface area contributed by atoms with E-state index in [2.05, 4.69) is 54.8 Å². The molecule has 1 atom stereocenters. The van der Waals surface area contributed by atoms with Gasteiger partial charge in [0.05, 0.1) is 5.71 Å². The summed E-state index contributed by atoms with van der Waals surface area (Å²) in [5.74, 6) is 0.966. The van der Waals surface area contributed by atoms with Gasteiger partial charge in [0.1, 0.15) is 11.4 Å². The molecule has 1 unspecified atom stereocenters. The normalized spacial score (nSPS) is 11.6. The predicted octanol–water partition coefficient (Wildman–Crippen LogP) is 6.57. The summed E-state index contributed by atoms with van der Waals surface area (Å²) in [5.41, 5.74) is 6.09. The van der Waals surface area contributed by atoms with E-state index in [1.165, 1.54) is 5.56 Å². The zero-order chi connectivity index (χ0) is 20.2. The van der Waals surface area contributed by atoms with Gasteiger partial charge in [0.25, 0.3) is 0 Å². The Morgan fingerprint density at radius 2 is 1.52 bits per heavy atom. The smallest absolute Gasteiger partial charge is 0.160 e. The van der Waals surface area contributed by atoms with E-state index in [9.17, 15) is 0 Å². The first-order valence-electron chi connectivity index (χ1n) is 9.76. The topological polar surface area (TPSA) is 28.7 Å². The Labute approximate surface area is 173 Å². The lowest BCUT2D eigenvalue weighted by Crippen LogP contribution is -2.06. The monoisotopic (exact) mass is 400 g/mol. The third-order valence-electron chi connectivity index (χ3n) is 5.10. The molecule has 0 N–H and O–H groups in total. The number of hydrogen-bond donors (Lipinski definition) is 0. The van der Waals surface area contributed by atoms with Gasteiger partial charge in [-0.2, -0.15) is 0 Å². The van der Waals surface area contributed by atoms with Gasteiger partial charge in [0.2, 0.25) is 0 Å². The summed E-state index contributed by atoms with van der Waals surface area (Å²) in [6.45, 7) is 5.12. The summed E-state index contributed by atoms with van der Waals surface area (Å²) < 4.78 is 8.53. The van der Waals surface area contributed by atoms with Gasteiger partial charge in [0.15, 0.2) is 5.58 Å². The van der Waals surface area contributed by atoms with Crippen LogP contribution in [0.2, 0.25) is 0 Å². The molecular weight excluding hydrogens is 375 g/mol. The molecule has 0 radical (unpaired) electrons. The van der Waals surface area contributed by atoms with Gasteiger partial charge in [-0.05, 0) is 26.7 Å². The number of aliphatic imine (C=N–C) groups is 1. The molecule has 0 fully saturated rings. The molecule has 4 heteroatoms. The van der Waals surface area contributed by atoms with Crippen LogP contribution < -0.4 is 0 Å². The van der Waals surface area contributed by atoms with E-state index in [1.54, 1.807) is 0 Å². The van der Waals surface area contributed by atoms with Gasteiger partial charge >= 0.3 is 0 Å². The first-order valence-corrected chi connectivity index (χ1v) is 11.2. The van der Waals surface area contributed by atoms with E-state index in [1.807, 2.05) is 49.4 Å². The van der Waals surface area contributed by atoms with Crippen molar-refractivity contribution in [1.82, 2.24) is 4.67 Å². The number of para-hydroxylation sites is 1. The lowest BCUT2D eigenvalue weighted by Gasteiger charge is -2.13. The number of benzene rings is 3. The molecular formula is C25H25N2OP. The number of rotatable bonds is 6. The molecule has 3 nitrogen and oxygen atoms in total. The van der Waals surface area contributed by atoms with Crippen LogP contribution >= 0.6 is 8.73 Å². The highest BCUT2D eigenvalue weighted by atomic mass is 31.1. The average molecular weight is 400 g/mol. The first kappa shape index (κ1) is 19.6. The summed E-state index contributed by atoms with van der Waals surface area (Å²) in [6.07, 6.45) is 0. The molecule has 4 rings (SSSR count). The van der Waals surface area contributed by atoms with Crippen molar-refractivity contribution in [2.45, 2.75) is 13.5 Å². The highest BCUT2D eigenvalue weighted by Crippen LogP contribution is 2.35. The average Bonchev–Trinajstić information content (AvgIpc) is 3.09. The van der Waals surface area contributed by atoms with Crippen molar-refractivity contribution in [3.05, 3.63) is 101 Å². The minimum atomic E-state index is 0.757. The highest BCUT2D eigenvalue weighted by Gasteiger charge is 2.16. The van der Waals surface area contributed by atoms with Crippen molar-refractivity contribution >= 4 is 31.1 Å². The molecule has 29 heavy (non-hydrogen) atoms. The molecule has 0 aliphatic carbocycles. The van der Waals surface area contributed by atoms with Gasteiger partial charge in [-0.1, -0.05) is 81.5 Å². The zero-order valence-electron chi connectivity index (χ0n) is 17.0. The number of fused-ring (bicyclic) bond motifs is 1. The molecule has 3 aromatic carbocycles. The largest absolute Gasteiger partial charge is 0.459 e. The highest BCUT2D eigenvalue weighted by molar-refractivity contribution is 7.34. The maximum atomic E-state index is 6.22. The van der Waals surface area contributed by atoms with Gasteiger partial charge < -0.3 is 4.42 Å². The maximum Gasteiger partial charge on any atom is 0.160 e. The molecule has 0 bridgehead atoms. The van der Waals surface area contributed by atoms with Gasteiger partial charge in [0, 0.05) is 28.6 Å². The number of hydrogen-bond acceptors (Lipinski definition) is 3. The van der Waals surface area contributed by atoms with Crippen molar-refractivity contribution in [3.8, 4) is 0 Å². The molecule has 146 valence electrons. The minimum absolute atomic E-state index is 0.757. The van der Waals surface area contributed by atoms with Crippen LogP contribution in [0.4, 0.5) is 5.69 Å².